The highest BCUT2D eigenvalue weighted by atomic mass is 35.5. The molecule has 4 aromatic rings. The number of aliphatic hydroxyl groups excluding tert-OH is 1. The van der Waals surface area contributed by atoms with E-state index >= 15 is 0 Å². The molecule has 0 aliphatic heterocycles. The lowest BCUT2D eigenvalue weighted by atomic mass is 10.1. The lowest BCUT2D eigenvalue weighted by Gasteiger charge is -2.00. The summed E-state index contributed by atoms with van der Waals surface area (Å²) in [5.41, 5.74) is 2.04. The zero-order valence-corrected chi connectivity index (χ0v) is 17.2. The summed E-state index contributed by atoms with van der Waals surface area (Å²) < 4.78 is 5.67. The van der Waals surface area contributed by atoms with Crippen LogP contribution in [0.1, 0.15) is 10.8 Å². The van der Waals surface area contributed by atoms with E-state index < -0.39 is 4.92 Å². The van der Waals surface area contributed by atoms with Gasteiger partial charge in [-0.25, -0.2) is 4.98 Å². The predicted octanol–water partition coefficient (Wildman–Crippen LogP) is 6.58. The molecule has 0 amide bonds. The molecule has 9 heteroatoms. The van der Waals surface area contributed by atoms with Gasteiger partial charge in [0.05, 0.1) is 10.6 Å². The van der Waals surface area contributed by atoms with E-state index in [-0.39, 0.29) is 22.8 Å². The summed E-state index contributed by atoms with van der Waals surface area (Å²) in [7, 11) is 0. The van der Waals surface area contributed by atoms with Crippen molar-refractivity contribution in [3.8, 4) is 28.7 Å². The summed E-state index contributed by atoms with van der Waals surface area (Å²) in [6.07, 6.45) is 0. The van der Waals surface area contributed by atoms with Crippen LogP contribution in [-0.4, -0.2) is 15.0 Å². The molecule has 2 aromatic heterocycles. The summed E-state index contributed by atoms with van der Waals surface area (Å²) in [5, 5.41) is 33.8. The van der Waals surface area contributed by atoms with Gasteiger partial charge in [-0.05, 0) is 36.4 Å². The van der Waals surface area contributed by atoms with Crippen LogP contribution in [0.4, 0.5) is 5.69 Å². The van der Waals surface area contributed by atoms with Crippen LogP contribution < -0.4 is 0 Å². The lowest BCUT2D eigenvalue weighted by molar-refractivity contribution is -0.384. The third kappa shape index (κ3) is 4.19. The fourth-order valence-corrected chi connectivity index (χ4v) is 3.78. The Morgan fingerprint density at radius 3 is 2.42 bits per heavy atom. The number of aliphatic hydroxyl groups is 1. The third-order valence-electron chi connectivity index (χ3n) is 4.41. The van der Waals surface area contributed by atoms with E-state index in [4.69, 9.17) is 16.0 Å². The van der Waals surface area contributed by atoms with Gasteiger partial charge < -0.3 is 9.52 Å². The van der Waals surface area contributed by atoms with Crippen molar-refractivity contribution in [2.75, 3.05) is 0 Å². The number of nitro benzene ring substituents is 1. The number of thiazole rings is 1. The van der Waals surface area contributed by atoms with Gasteiger partial charge in [-0.3, -0.25) is 10.1 Å². The first-order valence-electron chi connectivity index (χ1n) is 8.86. The average molecular weight is 450 g/mol. The monoisotopic (exact) mass is 449 g/mol. The number of allylic oxidation sites excluding steroid dienone is 1. The maximum absolute atomic E-state index is 10.8. The molecule has 0 aliphatic rings. The van der Waals surface area contributed by atoms with Crippen molar-refractivity contribution in [3.05, 3.63) is 91.9 Å². The molecule has 0 saturated heterocycles. The number of rotatable bonds is 5. The number of non-ortho nitro benzene ring substituents is 1. The Morgan fingerprint density at radius 2 is 1.77 bits per heavy atom. The number of nitro groups is 1. The number of benzene rings is 2. The van der Waals surface area contributed by atoms with Gasteiger partial charge in [-0.2, -0.15) is 5.26 Å². The van der Waals surface area contributed by atoms with E-state index in [1.54, 1.807) is 35.7 Å². The van der Waals surface area contributed by atoms with Gasteiger partial charge in [0, 0.05) is 33.7 Å². The van der Waals surface area contributed by atoms with Crippen LogP contribution in [0.5, 0.6) is 0 Å². The van der Waals surface area contributed by atoms with Gasteiger partial charge in [-0.15, -0.1) is 11.3 Å². The Bertz CT molecular complexity index is 1330. The van der Waals surface area contributed by atoms with Gasteiger partial charge in [0.15, 0.2) is 11.5 Å². The van der Waals surface area contributed by atoms with E-state index in [1.165, 1.54) is 29.5 Å². The SMILES string of the molecule is N#C/C(=C(/O)c1ccc(-c2ccc([N+](=O)[O-])cc2)o1)c1nc(-c2ccc(Cl)cc2)cs1. The zero-order chi connectivity index (χ0) is 22.0. The molecule has 0 spiro atoms. The minimum Gasteiger partial charge on any atom is -0.503 e. The van der Waals surface area contributed by atoms with Gasteiger partial charge in [0.2, 0.25) is 0 Å². The maximum atomic E-state index is 10.8. The minimum atomic E-state index is -0.489. The van der Waals surface area contributed by atoms with Crippen molar-refractivity contribution < 1.29 is 14.4 Å². The molecule has 0 fully saturated rings. The molecule has 0 radical (unpaired) electrons. The summed E-state index contributed by atoms with van der Waals surface area (Å²) in [6, 6.07) is 18.1. The molecule has 2 aromatic carbocycles. The van der Waals surface area contributed by atoms with Crippen molar-refractivity contribution in [2.45, 2.75) is 0 Å². The number of nitrogens with zero attached hydrogens (tertiary/aromatic N) is 3. The Morgan fingerprint density at radius 1 is 1.10 bits per heavy atom. The zero-order valence-electron chi connectivity index (χ0n) is 15.7. The van der Waals surface area contributed by atoms with Gasteiger partial charge >= 0.3 is 0 Å². The van der Waals surface area contributed by atoms with Crippen LogP contribution in [0.15, 0.2) is 70.5 Å². The largest absolute Gasteiger partial charge is 0.503 e. The fourth-order valence-electron chi connectivity index (χ4n) is 2.83. The maximum Gasteiger partial charge on any atom is 0.269 e. The molecule has 4 rings (SSSR count). The molecule has 0 unspecified atom stereocenters. The van der Waals surface area contributed by atoms with Crippen LogP contribution >= 0.6 is 22.9 Å². The third-order valence-corrected chi connectivity index (χ3v) is 5.52. The predicted molar refractivity (Wildman–Crippen MR) is 118 cm³/mol. The van der Waals surface area contributed by atoms with Crippen LogP contribution in [0.2, 0.25) is 5.02 Å². The van der Waals surface area contributed by atoms with Crippen LogP contribution in [0.3, 0.4) is 0 Å². The smallest absolute Gasteiger partial charge is 0.269 e. The van der Waals surface area contributed by atoms with Gasteiger partial charge in [0.25, 0.3) is 5.69 Å². The highest BCUT2D eigenvalue weighted by Gasteiger charge is 2.18. The van der Waals surface area contributed by atoms with Crippen molar-refractivity contribution in [2.24, 2.45) is 0 Å². The molecule has 0 saturated carbocycles. The van der Waals surface area contributed by atoms with Gasteiger partial charge in [-0.1, -0.05) is 23.7 Å². The Hall–Kier alpha value is -3.93. The summed E-state index contributed by atoms with van der Waals surface area (Å²) >= 11 is 7.13. The molecule has 0 aliphatic carbocycles. The molecule has 0 bridgehead atoms. The van der Waals surface area contributed by atoms with E-state index in [9.17, 15) is 20.5 Å². The lowest BCUT2D eigenvalue weighted by Crippen LogP contribution is -1.89. The molecular weight excluding hydrogens is 438 g/mol. The second-order valence-corrected chi connectivity index (χ2v) is 7.64. The number of hydrogen-bond acceptors (Lipinski definition) is 7. The van der Waals surface area contributed by atoms with Crippen molar-refractivity contribution >= 4 is 40.0 Å². The molecule has 1 N–H and O–H groups in total. The standard InChI is InChI=1S/C22H12ClN3O4S/c23-15-5-1-13(2-6-15)18-12-31-22(25-18)17(11-24)21(27)20-10-9-19(30-20)14-3-7-16(8-4-14)26(28)29/h1-10,12,27H/b21-17-. The first-order valence-corrected chi connectivity index (χ1v) is 10.1. The summed E-state index contributed by atoms with van der Waals surface area (Å²) in [6.45, 7) is 0. The normalized spacial score (nSPS) is 11.6. The summed E-state index contributed by atoms with van der Waals surface area (Å²) in [4.78, 5) is 14.8. The molecule has 0 atom stereocenters. The highest BCUT2D eigenvalue weighted by molar-refractivity contribution is 7.11. The van der Waals surface area contributed by atoms with Crippen LogP contribution in [0.25, 0.3) is 33.9 Å². The first kappa shape index (κ1) is 20.3. The minimum absolute atomic E-state index is 0.0187. The van der Waals surface area contributed by atoms with Crippen molar-refractivity contribution in [1.29, 1.82) is 5.26 Å². The topological polar surface area (TPSA) is 113 Å². The molecule has 31 heavy (non-hydrogen) atoms. The Labute approximate surface area is 185 Å². The van der Waals surface area contributed by atoms with Crippen molar-refractivity contribution in [3.63, 3.8) is 0 Å². The highest BCUT2D eigenvalue weighted by Crippen LogP contribution is 2.33. The van der Waals surface area contributed by atoms with E-state index in [2.05, 4.69) is 4.98 Å². The molecule has 2 heterocycles. The molecule has 152 valence electrons. The van der Waals surface area contributed by atoms with Crippen molar-refractivity contribution in [1.82, 2.24) is 4.98 Å². The van der Waals surface area contributed by atoms with Gasteiger partial charge in [0.1, 0.15) is 22.4 Å². The number of nitriles is 1. The Balaban J connectivity index is 1.65. The van der Waals surface area contributed by atoms with E-state index in [0.717, 1.165) is 5.56 Å². The fraction of sp³-hybridized carbons (Fsp3) is 0. The average Bonchev–Trinajstić information content (AvgIpc) is 3.45. The van der Waals surface area contributed by atoms with Crippen LogP contribution in [0, 0.1) is 21.4 Å². The second-order valence-electron chi connectivity index (χ2n) is 6.35. The number of aromatic nitrogens is 1. The number of furan rings is 1. The Kier molecular flexibility index (Phi) is 5.54. The molecule has 7 nitrogen and oxygen atoms in total. The van der Waals surface area contributed by atoms with E-state index in [0.29, 0.717) is 27.0 Å². The molecular formula is C22H12ClN3O4S. The van der Waals surface area contributed by atoms with E-state index in [1.807, 2.05) is 18.2 Å². The van der Waals surface area contributed by atoms with Crippen LogP contribution in [-0.2, 0) is 0 Å². The summed E-state index contributed by atoms with van der Waals surface area (Å²) in [5.74, 6) is 0.149. The first-order chi connectivity index (χ1) is 15.0. The quantitative estimate of drug-likeness (QED) is 0.159. The second kappa shape index (κ2) is 8.44. The number of hydrogen-bond donors (Lipinski definition) is 1. The number of halogens is 1.